The maximum absolute atomic E-state index is 13.4. The summed E-state index contributed by atoms with van der Waals surface area (Å²) in [5.74, 6) is -0.115. The molecule has 2 aliphatic rings. The Hall–Kier alpha value is -3.08. The second-order valence-corrected chi connectivity index (χ2v) is 7.99. The Morgan fingerprint density at radius 3 is 2.52 bits per heavy atom. The number of carbonyl (C=O) groups is 1. The summed E-state index contributed by atoms with van der Waals surface area (Å²) in [6, 6.07) is 7.56. The summed E-state index contributed by atoms with van der Waals surface area (Å²) in [5, 5.41) is 5.74. The molecule has 2 saturated heterocycles. The lowest BCUT2D eigenvalue weighted by molar-refractivity contribution is -0.137. The zero-order chi connectivity index (χ0) is 23.3. The predicted molar refractivity (Wildman–Crippen MR) is 119 cm³/mol. The number of ether oxygens (including phenoxy) is 1. The monoisotopic (exact) mass is 464 g/mol. The molecule has 2 fully saturated rings. The van der Waals surface area contributed by atoms with E-state index in [0.717, 1.165) is 31.4 Å². The maximum Gasteiger partial charge on any atom is 0.421 e. The van der Waals surface area contributed by atoms with Gasteiger partial charge in [0, 0.05) is 56.7 Å². The van der Waals surface area contributed by atoms with Gasteiger partial charge in [0.1, 0.15) is 11.4 Å². The Kier molecular flexibility index (Phi) is 7.17. The van der Waals surface area contributed by atoms with Gasteiger partial charge in [-0.3, -0.25) is 4.79 Å². The van der Waals surface area contributed by atoms with Crippen molar-refractivity contribution in [3.05, 3.63) is 36.0 Å². The lowest BCUT2D eigenvalue weighted by Gasteiger charge is -2.28. The second-order valence-electron chi connectivity index (χ2n) is 7.99. The number of nitrogens with one attached hydrogen (secondary N) is 2. The number of morpholine rings is 1. The number of hydrogen-bond acceptors (Lipinski definition) is 7. The molecule has 1 aromatic heterocycles. The summed E-state index contributed by atoms with van der Waals surface area (Å²) in [6.45, 7) is 4.48. The molecule has 33 heavy (non-hydrogen) atoms. The number of rotatable bonds is 8. The average molecular weight is 464 g/mol. The van der Waals surface area contributed by atoms with E-state index in [1.54, 1.807) is 4.90 Å². The minimum atomic E-state index is -4.58. The van der Waals surface area contributed by atoms with Gasteiger partial charge in [0.05, 0.1) is 13.2 Å². The summed E-state index contributed by atoms with van der Waals surface area (Å²) in [5.41, 5.74) is 0.800. The largest absolute Gasteiger partial charge is 0.421 e. The number of alkyl halides is 3. The molecule has 3 heterocycles. The highest BCUT2D eigenvalue weighted by atomic mass is 19.4. The van der Waals surface area contributed by atoms with E-state index in [2.05, 4.69) is 25.5 Å². The van der Waals surface area contributed by atoms with Gasteiger partial charge in [-0.15, -0.1) is 0 Å². The highest BCUT2D eigenvalue weighted by Gasteiger charge is 2.35. The van der Waals surface area contributed by atoms with Crippen molar-refractivity contribution in [1.82, 2.24) is 14.9 Å². The Bertz CT molecular complexity index is 948. The molecule has 178 valence electrons. The van der Waals surface area contributed by atoms with E-state index in [-0.39, 0.29) is 24.2 Å². The number of halogens is 3. The fraction of sp³-hybridized carbons (Fsp3) is 0.500. The van der Waals surface area contributed by atoms with Gasteiger partial charge in [-0.05, 0) is 37.1 Å². The number of carbonyl (C=O) groups excluding carboxylic acids is 1. The first-order valence-corrected chi connectivity index (χ1v) is 11.1. The summed E-state index contributed by atoms with van der Waals surface area (Å²) in [4.78, 5) is 23.5. The van der Waals surface area contributed by atoms with Crippen LogP contribution in [-0.2, 0) is 15.7 Å². The van der Waals surface area contributed by atoms with Crippen molar-refractivity contribution >= 4 is 29.0 Å². The van der Waals surface area contributed by atoms with E-state index in [1.165, 1.54) is 0 Å². The van der Waals surface area contributed by atoms with Gasteiger partial charge in [0.25, 0.3) is 0 Å². The standard InChI is InChI=1S/C22H27F3N6O2/c23-22(24,25)18-15-27-21(29-20(18)26-8-2-10-31-9-1-3-19(31)32)28-16-4-6-17(7-5-16)30-11-13-33-14-12-30/h4-7,15H,1-3,8-14H2,(H2,26,27,28,29). The van der Waals surface area contributed by atoms with Gasteiger partial charge >= 0.3 is 6.18 Å². The van der Waals surface area contributed by atoms with Crippen LogP contribution in [0, 0.1) is 0 Å². The molecule has 1 aromatic carbocycles. The zero-order valence-corrected chi connectivity index (χ0v) is 18.2. The van der Waals surface area contributed by atoms with Crippen LogP contribution < -0.4 is 15.5 Å². The van der Waals surface area contributed by atoms with Gasteiger partial charge in [0.15, 0.2) is 0 Å². The van der Waals surface area contributed by atoms with Crippen molar-refractivity contribution in [3.8, 4) is 0 Å². The van der Waals surface area contributed by atoms with Gasteiger partial charge in [0.2, 0.25) is 11.9 Å². The summed E-state index contributed by atoms with van der Waals surface area (Å²) in [7, 11) is 0. The number of hydrogen-bond donors (Lipinski definition) is 2. The van der Waals surface area contributed by atoms with Crippen LogP contribution in [0.4, 0.5) is 36.3 Å². The third-order valence-electron chi connectivity index (χ3n) is 5.66. The van der Waals surface area contributed by atoms with Crippen LogP contribution in [-0.4, -0.2) is 66.7 Å². The topological polar surface area (TPSA) is 82.6 Å². The average Bonchev–Trinajstić information content (AvgIpc) is 3.22. The molecule has 2 aromatic rings. The first-order chi connectivity index (χ1) is 15.9. The zero-order valence-electron chi connectivity index (χ0n) is 18.2. The van der Waals surface area contributed by atoms with Crippen LogP contribution in [0.15, 0.2) is 30.5 Å². The third-order valence-corrected chi connectivity index (χ3v) is 5.66. The quantitative estimate of drug-likeness (QED) is 0.579. The molecular weight excluding hydrogens is 437 g/mol. The fourth-order valence-electron chi connectivity index (χ4n) is 3.91. The molecule has 0 radical (unpaired) electrons. The first kappa shape index (κ1) is 23.1. The number of benzene rings is 1. The number of anilines is 4. The predicted octanol–water partition coefficient (Wildman–Crippen LogP) is 3.50. The van der Waals surface area contributed by atoms with Crippen LogP contribution in [0.1, 0.15) is 24.8 Å². The van der Waals surface area contributed by atoms with Crippen LogP contribution in [0.25, 0.3) is 0 Å². The lowest BCUT2D eigenvalue weighted by atomic mass is 10.2. The van der Waals surface area contributed by atoms with Crippen molar-refractivity contribution in [2.45, 2.75) is 25.4 Å². The third kappa shape index (κ3) is 6.04. The smallest absolute Gasteiger partial charge is 0.378 e. The van der Waals surface area contributed by atoms with Crippen molar-refractivity contribution < 1.29 is 22.7 Å². The van der Waals surface area contributed by atoms with Gasteiger partial charge in [-0.1, -0.05) is 0 Å². The van der Waals surface area contributed by atoms with Gasteiger partial charge < -0.3 is 25.2 Å². The molecule has 1 amide bonds. The van der Waals surface area contributed by atoms with E-state index in [9.17, 15) is 18.0 Å². The molecule has 0 atom stereocenters. The van der Waals surface area contributed by atoms with Crippen molar-refractivity contribution in [2.24, 2.45) is 0 Å². The summed E-state index contributed by atoms with van der Waals surface area (Å²) < 4.78 is 45.6. The number of likely N-dealkylation sites (tertiary alicyclic amines) is 1. The second kappa shape index (κ2) is 10.2. The Labute approximate surface area is 190 Å². The number of aromatic nitrogens is 2. The normalized spacial score (nSPS) is 16.9. The molecule has 0 saturated carbocycles. The van der Waals surface area contributed by atoms with Gasteiger partial charge in [-0.2, -0.15) is 18.2 Å². The number of amides is 1. The maximum atomic E-state index is 13.4. The molecule has 0 spiro atoms. The molecule has 11 heteroatoms. The van der Waals surface area contributed by atoms with Crippen molar-refractivity contribution in [1.29, 1.82) is 0 Å². The summed E-state index contributed by atoms with van der Waals surface area (Å²) in [6.07, 6.45) is -1.90. The highest BCUT2D eigenvalue weighted by Crippen LogP contribution is 2.34. The Balaban J connectivity index is 1.40. The van der Waals surface area contributed by atoms with E-state index >= 15 is 0 Å². The SMILES string of the molecule is O=C1CCCN1CCCNc1nc(Nc2ccc(N3CCOCC3)cc2)ncc1C(F)(F)F. The van der Waals surface area contributed by atoms with Crippen molar-refractivity contribution in [2.75, 3.05) is 61.5 Å². The van der Waals surface area contributed by atoms with Crippen LogP contribution in [0.3, 0.4) is 0 Å². The molecule has 0 unspecified atom stereocenters. The van der Waals surface area contributed by atoms with Crippen molar-refractivity contribution in [3.63, 3.8) is 0 Å². The lowest BCUT2D eigenvalue weighted by Crippen LogP contribution is -2.36. The molecule has 4 rings (SSSR count). The van der Waals surface area contributed by atoms with E-state index in [4.69, 9.17) is 4.74 Å². The minimum Gasteiger partial charge on any atom is -0.378 e. The molecule has 2 N–H and O–H groups in total. The highest BCUT2D eigenvalue weighted by molar-refractivity contribution is 5.78. The Morgan fingerprint density at radius 1 is 1.09 bits per heavy atom. The fourth-order valence-corrected chi connectivity index (χ4v) is 3.91. The first-order valence-electron chi connectivity index (χ1n) is 11.1. The van der Waals surface area contributed by atoms with Crippen LogP contribution in [0.2, 0.25) is 0 Å². The molecule has 8 nitrogen and oxygen atoms in total. The molecule has 2 aliphatic heterocycles. The Morgan fingerprint density at radius 2 is 1.85 bits per heavy atom. The van der Waals surface area contributed by atoms with E-state index in [0.29, 0.717) is 44.8 Å². The minimum absolute atomic E-state index is 0.0688. The van der Waals surface area contributed by atoms with Crippen LogP contribution >= 0.6 is 0 Å². The molecule has 0 aliphatic carbocycles. The molecule has 0 bridgehead atoms. The molecular formula is C22H27F3N6O2. The van der Waals surface area contributed by atoms with Gasteiger partial charge in [-0.25, -0.2) is 4.98 Å². The van der Waals surface area contributed by atoms with E-state index in [1.807, 2.05) is 24.3 Å². The summed E-state index contributed by atoms with van der Waals surface area (Å²) >= 11 is 0. The number of nitrogens with zero attached hydrogens (tertiary/aromatic N) is 4. The van der Waals surface area contributed by atoms with Crippen LogP contribution in [0.5, 0.6) is 0 Å². The van der Waals surface area contributed by atoms with E-state index < -0.39 is 11.7 Å².